The van der Waals surface area contributed by atoms with Gasteiger partial charge in [-0.05, 0) is 75.4 Å². The van der Waals surface area contributed by atoms with Crippen molar-refractivity contribution in [2.75, 3.05) is 19.6 Å². The van der Waals surface area contributed by atoms with E-state index in [9.17, 15) is 5.11 Å². The Morgan fingerprint density at radius 2 is 1.79 bits per heavy atom. The third kappa shape index (κ3) is 4.46. The summed E-state index contributed by atoms with van der Waals surface area (Å²) in [6, 6.07) is 0. The van der Waals surface area contributed by atoms with Crippen LogP contribution in [0.2, 0.25) is 0 Å². The predicted octanol–water partition coefficient (Wildman–Crippen LogP) is 3.69. The maximum Gasteiger partial charge on any atom is 0.0568 e. The number of hydrogen-bond acceptors (Lipinski definition) is 2. The highest BCUT2D eigenvalue weighted by Gasteiger charge is 2.28. The highest BCUT2D eigenvalue weighted by molar-refractivity contribution is 4.81. The molecule has 1 heterocycles. The lowest BCUT2D eigenvalue weighted by molar-refractivity contribution is 0.117. The Bertz CT molecular complexity index is 271. The molecule has 112 valence electrons. The van der Waals surface area contributed by atoms with Crippen molar-refractivity contribution in [2.24, 2.45) is 17.3 Å². The predicted molar refractivity (Wildman–Crippen MR) is 81.2 cm³/mol. The topological polar surface area (TPSA) is 23.5 Å². The molecule has 0 spiro atoms. The normalized spacial score (nSPS) is 34.4. The molecule has 0 bridgehead atoms. The van der Waals surface area contributed by atoms with E-state index in [-0.39, 0.29) is 6.10 Å². The van der Waals surface area contributed by atoms with Crippen LogP contribution in [0.25, 0.3) is 0 Å². The molecule has 2 aliphatic rings. The number of rotatable bonds is 3. The lowest BCUT2D eigenvalue weighted by Gasteiger charge is -2.30. The first-order valence-electron chi connectivity index (χ1n) is 8.37. The van der Waals surface area contributed by atoms with Crippen LogP contribution in [-0.4, -0.2) is 35.7 Å². The summed E-state index contributed by atoms with van der Waals surface area (Å²) in [7, 11) is 0. The fourth-order valence-corrected chi connectivity index (χ4v) is 3.95. The van der Waals surface area contributed by atoms with Crippen molar-refractivity contribution in [3.8, 4) is 0 Å². The number of aliphatic hydroxyl groups excluding tert-OH is 1. The van der Waals surface area contributed by atoms with Crippen LogP contribution in [0, 0.1) is 17.3 Å². The van der Waals surface area contributed by atoms with Gasteiger partial charge in [0.15, 0.2) is 0 Å². The number of nitrogens with zero attached hydrogens (tertiary/aromatic N) is 1. The Morgan fingerprint density at radius 3 is 2.42 bits per heavy atom. The molecular weight excluding hydrogens is 234 g/mol. The second-order valence-electron chi connectivity index (χ2n) is 7.88. The SMILES string of the molecule is CC(C)(C)C1CCCN(CCC2CCCC2O)CC1. The zero-order chi connectivity index (χ0) is 13.9. The van der Waals surface area contributed by atoms with E-state index < -0.39 is 0 Å². The molecule has 1 aliphatic carbocycles. The average molecular weight is 267 g/mol. The number of hydrogen-bond donors (Lipinski definition) is 1. The standard InChI is InChI=1S/C17H33NO/c1-17(2,3)15-7-5-11-18(13-10-15)12-9-14-6-4-8-16(14)19/h14-16,19H,4-13H2,1-3H3. The highest BCUT2D eigenvalue weighted by Crippen LogP contribution is 2.34. The van der Waals surface area contributed by atoms with Crippen molar-refractivity contribution in [1.82, 2.24) is 4.90 Å². The van der Waals surface area contributed by atoms with Gasteiger partial charge in [0.25, 0.3) is 0 Å². The summed E-state index contributed by atoms with van der Waals surface area (Å²) >= 11 is 0. The van der Waals surface area contributed by atoms with Crippen LogP contribution in [0.1, 0.15) is 65.7 Å². The van der Waals surface area contributed by atoms with Crippen molar-refractivity contribution in [2.45, 2.75) is 71.8 Å². The highest BCUT2D eigenvalue weighted by atomic mass is 16.3. The van der Waals surface area contributed by atoms with E-state index in [1.54, 1.807) is 0 Å². The summed E-state index contributed by atoms with van der Waals surface area (Å²) < 4.78 is 0. The van der Waals surface area contributed by atoms with Crippen LogP contribution in [0.5, 0.6) is 0 Å². The molecule has 3 atom stereocenters. The zero-order valence-electron chi connectivity index (χ0n) is 13.2. The molecule has 0 amide bonds. The minimum absolute atomic E-state index is 0.00528. The van der Waals surface area contributed by atoms with Gasteiger partial charge in [0.05, 0.1) is 6.10 Å². The van der Waals surface area contributed by atoms with Crippen LogP contribution in [-0.2, 0) is 0 Å². The molecule has 2 heteroatoms. The van der Waals surface area contributed by atoms with Crippen molar-refractivity contribution in [3.63, 3.8) is 0 Å². The lowest BCUT2D eigenvalue weighted by atomic mass is 9.77. The molecule has 0 aromatic heterocycles. The Balaban J connectivity index is 1.73. The minimum Gasteiger partial charge on any atom is -0.393 e. The molecule has 3 unspecified atom stereocenters. The van der Waals surface area contributed by atoms with Crippen molar-refractivity contribution < 1.29 is 5.11 Å². The first kappa shape index (κ1) is 15.3. The van der Waals surface area contributed by atoms with Gasteiger partial charge in [0.1, 0.15) is 0 Å². The van der Waals surface area contributed by atoms with Crippen LogP contribution in [0.3, 0.4) is 0 Å². The van der Waals surface area contributed by atoms with E-state index in [1.807, 2.05) is 0 Å². The Hall–Kier alpha value is -0.0800. The first-order chi connectivity index (χ1) is 8.97. The molecule has 1 saturated heterocycles. The Kier molecular flexibility index (Phi) is 5.30. The molecule has 0 aromatic carbocycles. The molecule has 0 aromatic rings. The Morgan fingerprint density at radius 1 is 1.00 bits per heavy atom. The largest absolute Gasteiger partial charge is 0.393 e. The van der Waals surface area contributed by atoms with Crippen molar-refractivity contribution >= 4 is 0 Å². The second kappa shape index (κ2) is 6.58. The third-order valence-electron chi connectivity index (χ3n) is 5.48. The Labute approximate surface area is 119 Å². The summed E-state index contributed by atoms with van der Waals surface area (Å²) in [4.78, 5) is 2.65. The van der Waals surface area contributed by atoms with Gasteiger partial charge < -0.3 is 10.0 Å². The number of likely N-dealkylation sites (tertiary alicyclic amines) is 1. The summed E-state index contributed by atoms with van der Waals surface area (Å²) in [5.74, 6) is 1.47. The molecule has 1 aliphatic heterocycles. The van der Waals surface area contributed by atoms with Crippen LogP contribution >= 0.6 is 0 Å². The van der Waals surface area contributed by atoms with Crippen molar-refractivity contribution in [1.29, 1.82) is 0 Å². The molecule has 19 heavy (non-hydrogen) atoms. The fraction of sp³-hybridized carbons (Fsp3) is 1.00. The summed E-state index contributed by atoms with van der Waals surface area (Å²) in [5, 5.41) is 9.90. The maximum atomic E-state index is 9.90. The van der Waals surface area contributed by atoms with E-state index in [1.165, 1.54) is 58.2 Å². The van der Waals surface area contributed by atoms with E-state index in [0.29, 0.717) is 11.3 Å². The van der Waals surface area contributed by atoms with Gasteiger partial charge in [-0.2, -0.15) is 0 Å². The van der Waals surface area contributed by atoms with E-state index >= 15 is 0 Å². The average Bonchev–Trinajstić information content (AvgIpc) is 2.61. The zero-order valence-corrected chi connectivity index (χ0v) is 13.2. The summed E-state index contributed by atoms with van der Waals surface area (Å²) in [5.41, 5.74) is 0.470. The number of aliphatic hydroxyl groups is 1. The molecule has 0 radical (unpaired) electrons. The smallest absolute Gasteiger partial charge is 0.0568 e. The van der Waals surface area contributed by atoms with Gasteiger partial charge in [-0.15, -0.1) is 0 Å². The first-order valence-corrected chi connectivity index (χ1v) is 8.37. The van der Waals surface area contributed by atoms with Gasteiger partial charge in [-0.1, -0.05) is 27.2 Å². The van der Waals surface area contributed by atoms with Crippen LogP contribution < -0.4 is 0 Å². The lowest BCUT2D eigenvalue weighted by Crippen LogP contribution is -2.29. The second-order valence-corrected chi connectivity index (χ2v) is 7.88. The van der Waals surface area contributed by atoms with Gasteiger partial charge in [0.2, 0.25) is 0 Å². The molecule has 2 rings (SSSR count). The maximum absolute atomic E-state index is 9.90. The monoisotopic (exact) mass is 267 g/mol. The quantitative estimate of drug-likeness (QED) is 0.843. The van der Waals surface area contributed by atoms with Crippen molar-refractivity contribution in [3.05, 3.63) is 0 Å². The van der Waals surface area contributed by atoms with E-state index in [0.717, 1.165) is 12.3 Å². The van der Waals surface area contributed by atoms with Crippen LogP contribution in [0.4, 0.5) is 0 Å². The molecular formula is C17H33NO. The summed E-state index contributed by atoms with van der Waals surface area (Å²) in [6.45, 7) is 10.9. The van der Waals surface area contributed by atoms with Gasteiger partial charge in [0, 0.05) is 0 Å². The summed E-state index contributed by atoms with van der Waals surface area (Å²) in [6.07, 6.45) is 8.84. The van der Waals surface area contributed by atoms with Crippen LogP contribution in [0.15, 0.2) is 0 Å². The van der Waals surface area contributed by atoms with E-state index in [2.05, 4.69) is 25.7 Å². The molecule has 1 N–H and O–H groups in total. The minimum atomic E-state index is -0.00528. The molecule has 1 saturated carbocycles. The molecule has 2 nitrogen and oxygen atoms in total. The van der Waals surface area contributed by atoms with E-state index in [4.69, 9.17) is 0 Å². The van der Waals surface area contributed by atoms with Gasteiger partial charge in [-0.3, -0.25) is 0 Å². The van der Waals surface area contributed by atoms with Gasteiger partial charge in [-0.25, -0.2) is 0 Å². The fourth-order valence-electron chi connectivity index (χ4n) is 3.95. The van der Waals surface area contributed by atoms with Gasteiger partial charge >= 0.3 is 0 Å². The third-order valence-corrected chi connectivity index (χ3v) is 5.48. The molecule has 2 fully saturated rings.